The minimum absolute atomic E-state index is 0.121. The Kier molecular flexibility index (Phi) is 6.39. The number of rotatable bonds is 7. The van der Waals surface area contributed by atoms with Crippen molar-refractivity contribution in [3.63, 3.8) is 0 Å². The van der Waals surface area contributed by atoms with Crippen LogP contribution in [0.15, 0.2) is 24.3 Å². The van der Waals surface area contributed by atoms with E-state index in [2.05, 4.69) is 0 Å². The van der Waals surface area contributed by atoms with Gasteiger partial charge in [0.2, 0.25) is 5.91 Å². The molecule has 0 aliphatic rings. The number of hydrogen-bond acceptors (Lipinski definition) is 3. The lowest BCUT2D eigenvalue weighted by Gasteiger charge is -2.21. The van der Waals surface area contributed by atoms with Gasteiger partial charge >= 0.3 is 0 Å². The normalized spacial score (nSPS) is 10.4. The van der Waals surface area contributed by atoms with E-state index in [0.29, 0.717) is 32.7 Å². The van der Waals surface area contributed by atoms with Crippen molar-refractivity contribution < 1.29 is 9.53 Å². The molecule has 0 aliphatic heterocycles. The summed E-state index contributed by atoms with van der Waals surface area (Å²) in [4.78, 5) is 13.9. The van der Waals surface area contributed by atoms with Gasteiger partial charge in [-0.25, -0.2) is 0 Å². The molecule has 18 heavy (non-hydrogen) atoms. The molecule has 0 radical (unpaired) electrons. The number of carbonyl (C=O) groups is 1. The summed E-state index contributed by atoms with van der Waals surface area (Å²) in [7, 11) is 1.64. The van der Waals surface area contributed by atoms with E-state index in [4.69, 9.17) is 10.5 Å². The number of hydrogen-bond donors (Lipinski definition) is 1. The van der Waals surface area contributed by atoms with Crippen LogP contribution < -0.4 is 5.73 Å². The molecular formula is C14H22N2O2. The highest BCUT2D eigenvalue weighted by atomic mass is 16.5. The van der Waals surface area contributed by atoms with Crippen molar-refractivity contribution in [2.75, 3.05) is 26.8 Å². The third-order valence-corrected chi connectivity index (χ3v) is 2.98. The number of benzene rings is 1. The van der Waals surface area contributed by atoms with Gasteiger partial charge in [-0.15, -0.1) is 0 Å². The van der Waals surface area contributed by atoms with Crippen LogP contribution in [0, 0.1) is 0 Å². The SMILES string of the molecule is CCN(CCOC)C(=O)Cc1ccccc1CN. The lowest BCUT2D eigenvalue weighted by atomic mass is 10.0. The van der Waals surface area contributed by atoms with Crippen LogP contribution in [0.3, 0.4) is 0 Å². The third kappa shape index (κ3) is 4.13. The Bertz CT molecular complexity index is 380. The summed E-state index contributed by atoms with van der Waals surface area (Å²) in [6.07, 6.45) is 0.408. The van der Waals surface area contributed by atoms with Crippen molar-refractivity contribution in [1.82, 2.24) is 4.90 Å². The molecule has 0 aliphatic carbocycles. The molecule has 0 saturated carbocycles. The van der Waals surface area contributed by atoms with E-state index in [1.54, 1.807) is 12.0 Å². The Morgan fingerprint density at radius 2 is 2.00 bits per heavy atom. The minimum Gasteiger partial charge on any atom is -0.383 e. The van der Waals surface area contributed by atoms with Crippen LogP contribution in [0.5, 0.6) is 0 Å². The van der Waals surface area contributed by atoms with Crippen LogP contribution in [0.4, 0.5) is 0 Å². The zero-order chi connectivity index (χ0) is 13.4. The standard InChI is InChI=1S/C14H22N2O2/c1-3-16(8-9-18-2)14(17)10-12-6-4-5-7-13(12)11-15/h4-7H,3,8-11,15H2,1-2H3. The molecule has 1 aromatic rings. The van der Waals surface area contributed by atoms with Gasteiger partial charge in [0.15, 0.2) is 0 Å². The molecule has 2 N–H and O–H groups in total. The van der Waals surface area contributed by atoms with Gasteiger partial charge in [-0.2, -0.15) is 0 Å². The fourth-order valence-electron chi connectivity index (χ4n) is 1.86. The van der Waals surface area contributed by atoms with Gasteiger partial charge < -0.3 is 15.4 Å². The number of carbonyl (C=O) groups excluding carboxylic acids is 1. The van der Waals surface area contributed by atoms with Gasteiger partial charge in [-0.3, -0.25) is 4.79 Å². The number of methoxy groups -OCH3 is 1. The topological polar surface area (TPSA) is 55.6 Å². The predicted molar refractivity (Wildman–Crippen MR) is 72.2 cm³/mol. The van der Waals surface area contributed by atoms with Gasteiger partial charge in [0, 0.05) is 26.7 Å². The summed E-state index contributed by atoms with van der Waals surface area (Å²) in [5.41, 5.74) is 7.72. The number of ether oxygens (including phenoxy) is 1. The Balaban J connectivity index is 2.67. The first-order valence-electron chi connectivity index (χ1n) is 6.26. The highest BCUT2D eigenvalue weighted by molar-refractivity contribution is 5.79. The molecule has 4 heteroatoms. The van der Waals surface area contributed by atoms with Crippen LogP contribution in [0.25, 0.3) is 0 Å². The lowest BCUT2D eigenvalue weighted by molar-refractivity contribution is -0.130. The second-order valence-electron chi connectivity index (χ2n) is 4.12. The number of nitrogens with two attached hydrogens (primary N) is 1. The summed E-state index contributed by atoms with van der Waals surface area (Å²) in [6, 6.07) is 7.81. The van der Waals surface area contributed by atoms with E-state index < -0.39 is 0 Å². The maximum absolute atomic E-state index is 12.1. The lowest BCUT2D eigenvalue weighted by Crippen LogP contribution is -2.35. The van der Waals surface area contributed by atoms with Crippen molar-refractivity contribution >= 4 is 5.91 Å². The summed E-state index contributed by atoms with van der Waals surface area (Å²) >= 11 is 0. The van der Waals surface area contributed by atoms with E-state index in [1.165, 1.54) is 0 Å². The quantitative estimate of drug-likeness (QED) is 0.790. The van der Waals surface area contributed by atoms with Gasteiger partial charge in [0.25, 0.3) is 0 Å². The predicted octanol–water partition coefficient (Wildman–Crippen LogP) is 1.18. The molecule has 0 atom stereocenters. The second-order valence-corrected chi connectivity index (χ2v) is 4.12. The molecule has 1 amide bonds. The Labute approximate surface area is 109 Å². The molecule has 0 heterocycles. The summed E-state index contributed by atoms with van der Waals surface area (Å²) < 4.78 is 5.01. The van der Waals surface area contributed by atoms with Crippen LogP contribution in [0.2, 0.25) is 0 Å². The summed E-state index contributed by atoms with van der Waals surface area (Å²) in [5.74, 6) is 0.121. The fourth-order valence-corrected chi connectivity index (χ4v) is 1.86. The van der Waals surface area contributed by atoms with Crippen molar-refractivity contribution in [2.45, 2.75) is 19.9 Å². The number of likely N-dealkylation sites (N-methyl/N-ethyl adjacent to an activating group) is 1. The molecule has 0 saturated heterocycles. The largest absolute Gasteiger partial charge is 0.383 e. The first-order valence-corrected chi connectivity index (χ1v) is 6.26. The van der Waals surface area contributed by atoms with Crippen LogP contribution >= 0.6 is 0 Å². The third-order valence-electron chi connectivity index (χ3n) is 2.98. The van der Waals surface area contributed by atoms with E-state index in [9.17, 15) is 4.79 Å². The molecule has 1 aromatic carbocycles. The smallest absolute Gasteiger partial charge is 0.227 e. The van der Waals surface area contributed by atoms with Gasteiger partial charge in [0.05, 0.1) is 13.0 Å². The molecule has 0 bridgehead atoms. The first-order chi connectivity index (χ1) is 8.72. The number of amides is 1. The van der Waals surface area contributed by atoms with Gasteiger partial charge in [-0.05, 0) is 18.1 Å². The molecule has 0 spiro atoms. The van der Waals surface area contributed by atoms with E-state index in [1.807, 2.05) is 31.2 Å². The van der Waals surface area contributed by atoms with Crippen molar-refractivity contribution in [1.29, 1.82) is 0 Å². The average molecular weight is 250 g/mol. The van der Waals surface area contributed by atoms with Crippen molar-refractivity contribution in [3.05, 3.63) is 35.4 Å². The first kappa shape index (κ1) is 14.7. The monoisotopic (exact) mass is 250 g/mol. The van der Waals surface area contributed by atoms with E-state index >= 15 is 0 Å². The average Bonchev–Trinajstić information content (AvgIpc) is 2.40. The van der Waals surface area contributed by atoms with E-state index in [0.717, 1.165) is 11.1 Å². The van der Waals surface area contributed by atoms with Crippen molar-refractivity contribution in [2.24, 2.45) is 5.73 Å². The molecule has 0 aromatic heterocycles. The van der Waals surface area contributed by atoms with E-state index in [-0.39, 0.29) is 5.91 Å². The molecular weight excluding hydrogens is 228 g/mol. The zero-order valence-corrected chi connectivity index (χ0v) is 11.2. The zero-order valence-electron chi connectivity index (χ0n) is 11.2. The Hall–Kier alpha value is -1.39. The van der Waals surface area contributed by atoms with Crippen LogP contribution in [0.1, 0.15) is 18.1 Å². The van der Waals surface area contributed by atoms with Gasteiger partial charge in [-0.1, -0.05) is 24.3 Å². The van der Waals surface area contributed by atoms with Crippen LogP contribution in [-0.4, -0.2) is 37.6 Å². The minimum atomic E-state index is 0.121. The maximum Gasteiger partial charge on any atom is 0.227 e. The van der Waals surface area contributed by atoms with Crippen LogP contribution in [-0.2, 0) is 22.5 Å². The summed E-state index contributed by atoms with van der Waals surface area (Å²) in [6.45, 7) is 4.35. The highest BCUT2D eigenvalue weighted by Gasteiger charge is 2.13. The van der Waals surface area contributed by atoms with Crippen molar-refractivity contribution in [3.8, 4) is 0 Å². The Morgan fingerprint density at radius 1 is 1.33 bits per heavy atom. The molecule has 4 nitrogen and oxygen atoms in total. The van der Waals surface area contributed by atoms with Gasteiger partial charge in [0.1, 0.15) is 0 Å². The fraction of sp³-hybridized carbons (Fsp3) is 0.500. The molecule has 100 valence electrons. The number of nitrogens with zero attached hydrogens (tertiary/aromatic N) is 1. The molecule has 1 rings (SSSR count). The molecule has 0 fully saturated rings. The highest BCUT2D eigenvalue weighted by Crippen LogP contribution is 2.10. The maximum atomic E-state index is 12.1. The second kappa shape index (κ2) is 7.84. The Morgan fingerprint density at radius 3 is 2.56 bits per heavy atom. The molecule has 0 unspecified atom stereocenters. The summed E-state index contributed by atoms with van der Waals surface area (Å²) in [5, 5.41) is 0.